The van der Waals surface area contributed by atoms with Crippen LogP contribution in [0.25, 0.3) is 0 Å². The summed E-state index contributed by atoms with van der Waals surface area (Å²) in [5, 5.41) is 13.9. The molecule has 3 aromatic carbocycles. The van der Waals surface area contributed by atoms with Crippen molar-refractivity contribution in [2.45, 2.75) is 63.1 Å². The number of fused-ring (bicyclic) bond motifs is 1. The number of nitrogens with zero attached hydrogens (tertiary/aromatic N) is 3. The molecule has 1 atom stereocenters. The van der Waals surface area contributed by atoms with Crippen LogP contribution in [-0.4, -0.2) is 56.9 Å². The quantitative estimate of drug-likeness (QED) is 0.241. The number of carbonyl (C=O) groups excluding carboxylic acids is 4. The topological polar surface area (TPSA) is 140 Å². The normalized spacial score (nSPS) is 21.0. The summed E-state index contributed by atoms with van der Waals surface area (Å²) in [4.78, 5) is 50.9. The second-order valence-corrected chi connectivity index (χ2v) is 13.0. The number of aromatic nitrogens is 2. The van der Waals surface area contributed by atoms with Crippen LogP contribution < -0.4 is 20.1 Å². The third-order valence-electron chi connectivity index (χ3n) is 8.91. The predicted molar refractivity (Wildman–Crippen MR) is 169 cm³/mol. The maximum absolute atomic E-state index is 13.1. The van der Waals surface area contributed by atoms with Gasteiger partial charge in [0, 0.05) is 36.4 Å². The minimum atomic E-state index is -0.981. The summed E-state index contributed by atoms with van der Waals surface area (Å²) in [6.07, 6.45) is 1.83. The first kappa shape index (κ1) is 29.6. The summed E-state index contributed by atoms with van der Waals surface area (Å²) in [7, 11) is 0. The molecule has 1 saturated carbocycles. The van der Waals surface area contributed by atoms with Crippen LogP contribution in [-0.2, 0) is 15.0 Å². The lowest BCUT2D eigenvalue weighted by Gasteiger charge is -2.36. The molecule has 46 heavy (non-hydrogen) atoms. The number of anilines is 1. The van der Waals surface area contributed by atoms with Crippen molar-refractivity contribution in [1.29, 1.82) is 0 Å². The van der Waals surface area contributed by atoms with Gasteiger partial charge >= 0.3 is 0 Å². The standard InChI is InChI=1S/C34H31N5O6S/c1-34(2,20-5-10-24(11-6-20)45-33-38-35-18-46-33)19-3-8-23(9-4-19)44-25-15-22(16-25)36-21-7-12-26-27(17-21)32(43)39(31(26)42)28-13-14-29(40)37-30(28)41/h3-12,17-18,22,25,28,36H,13-16H2,1-2H3,(H,37,40,41). The molecule has 12 heteroatoms. The summed E-state index contributed by atoms with van der Waals surface area (Å²) in [5.41, 5.74) is 4.95. The Hall–Kier alpha value is -5.10. The lowest BCUT2D eigenvalue weighted by Crippen LogP contribution is -2.54. The number of amides is 4. The van der Waals surface area contributed by atoms with E-state index in [0.29, 0.717) is 10.9 Å². The highest BCUT2D eigenvalue weighted by atomic mass is 32.1. The Morgan fingerprint density at radius 2 is 1.57 bits per heavy atom. The molecule has 2 N–H and O–H groups in total. The Morgan fingerprint density at radius 3 is 2.22 bits per heavy atom. The van der Waals surface area contributed by atoms with Crippen LogP contribution in [0.1, 0.15) is 71.4 Å². The second-order valence-electron chi connectivity index (χ2n) is 12.2. The Morgan fingerprint density at radius 1 is 0.891 bits per heavy atom. The highest BCUT2D eigenvalue weighted by Crippen LogP contribution is 2.36. The van der Waals surface area contributed by atoms with Crippen molar-refractivity contribution in [2.24, 2.45) is 0 Å². The summed E-state index contributed by atoms with van der Waals surface area (Å²) in [6, 6.07) is 20.4. The maximum atomic E-state index is 13.1. The van der Waals surface area contributed by atoms with Crippen LogP contribution >= 0.6 is 11.3 Å². The van der Waals surface area contributed by atoms with Gasteiger partial charge in [0.1, 0.15) is 29.2 Å². The predicted octanol–water partition coefficient (Wildman–Crippen LogP) is 5.08. The van der Waals surface area contributed by atoms with E-state index in [1.165, 1.54) is 11.3 Å². The van der Waals surface area contributed by atoms with E-state index in [0.717, 1.165) is 40.3 Å². The van der Waals surface area contributed by atoms with Crippen LogP contribution in [0.4, 0.5) is 5.69 Å². The van der Waals surface area contributed by atoms with Gasteiger partial charge in [0.2, 0.25) is 11.8 Å². The van der Waals surface area contributed by atoms with Crippen molar-refractivity contribution < 1.29 is 28.7 Å². The molecule has 7 rings (SSSR count). The average molecular weight is 638 g/mol. The Balaban J connectivity index is 0.923. The zero-order valence-electron chi connectivity index (χ0n) is 25.2. The van der Waals surface area contributed by atoms with E-state index >= 15 is 0 Å². The number of hydrogen-bond donors (Lipinski definition) is 2. The number of carbonyl (C=O) groups is 4. The van der Waals surface area contributed by atoms with E-state index in [-0.39, 0.29) is 41.5 Å². The van der Waals surface area contributed by atoms with Crippen molar-refractivity contribution >= 4 is 40.7 Å². The van der Waals surface area contributed by atoms with E-state index in [9.17, 15) is 19.2 Å². The van der Waals surface area contributed by atoms with Crippen molar-refractivity contribution in [3.8, 4) is 16.7 Å². The Kier molecular flexibility index (Phi) is 7.52. The van der Waals surface area contributed by atoms with Crippen molar-refractivity contribution in [2.75, 3.05) is 5.32 Å². The van der Waals surface area contributed by atoms with Gasteiger partial charge in [0.15, 0.2) is 0 Å². The van der Waals surface area contributed by atoms with Gasteiger partial charge in [-0.25, -0.2) is 0 Å². The van der Waals surface area contributed by atoms with Gasteiger partial charge in [-0.1, -0.05) is 54.5 Å². The molecule has 3 heterocycles. The lowest BCUT2D eigenvalue weighted by molar-refractivity contribution is -0.136. The molecule has 2 aliphatic heterocycles. The fraction of sp³-hybridized carbons (Fsp3) is 0.294. The number of hydrogen-bond acceptors (Lipinski definition) is 10. The third-order valence-corrected chi connectivity index (χ3v) is 9.47. The molecule has 0 radical (unpaired) electrons. The van der Waals surface area contributed by atoms with E-state index in [4.69, 9.17) is 9.47 Å². The summed E-state index contributed by atoms with van der Waals surface area (Å²) in [6.45, 7) is 4.36. The molecule has 3 aliphatic rings. The van der Waals surface area contributed by atoms with Crippen LogP contribution in [0, 0.1) is 0 Å². The third kappa shape index (κ3) is 5.60. The smallest absolute Gasteiger partial charge is 0.299 e. The summed E-state index contributed by atoms with van der Waals surface area (Å²) >= 11 is 1.34. The molecule has 4 amide bonds. The van der Waals surface area contributed by atoms with Gasteiger partial charge < -0.3 is 14.8 Å². The number of piperidine rings is 1. The minimum Gasteiger partial charge on any atom is -0.490 e. The molecule has 4 aromatic rings. The van der Waals surface area contributed by atoms with E-state index in [1.807, 2.05) is 24.3 Å². The van der Waals surface area contributed by atoms with Gasteiger partial charge in [-0.05, 0) is 60.0 Å². The summed E-state index contributed by atoms with van der Waals surface area (Å²) < 4.78 is 12.0. The van der Waals surface area contributed by atoms with Crippen LogP contribution in [0.2, 0.25) is 0 Å². The largest absolute Gasteiger partial charge is 0.490 e. The molecule has 2 fully saturated rings. The lowest BCUT2D eigenvalue weighted by atomic mass is 9.78. The number of imide groups is 2. The maximum Gasteiger partial charge on any atom is 0.299 e. The van der Waals surface area contributed by atoms with E-state index in [1.54, 1.807) is 23.7 Å². The van der Waals surface area contributed by atoms with Crippen LogP contribution in [0.15, 0.2) is 72.2 Å². The molecule has 1 aromatic heterocycles. The van der Waals surface area contributed by atoms with Gasteiger partial charge in [-0.3, -0.25) is 29.4 Å². The van der Waals surface area contributed by atoms with Crippen molar-refractivity contribution in [3.05, 3.63) is 94.5 Å². The van der Waals surface area contributed by atoms with E-state index < -0.39 is 29.7 Å². The molecule has 0 spiro atoms. The highest BCUT2D eigenvalue weighted by molar-refractivity contribution is 7.11. The first-order chi connectivity index (χ1) is 22.2. The fourth-order valence-electron chi connectivity index (χ4n) is 6.13. The van der Waals surface area contributed by atoms with Gasteiger partial charge in [0.25, 0.3) is 17.0 Å². The molecule has 234 valence electrons. The first-order valence-electron chi connectivity index (χ1n) is 15.1. The summed E-state index contributed by atoms with van der Waals surface area (Å²) in [5.74, 6) is -0.534. The average Bonchev–Trinajstić information content (AvgIpc) is 3.62. The number of nitrogens with one attached hydrogen (secondary N) is 2. The molecule has 1 saturated heterocycles. The van der Waals surface area contributed by atoms with Gasteiger partial charge in [-0.2, -0.15) is 0 Å². The molecular formula is C34H31N5O6S. The SMILES string of the molecule is CC(C)(c1ccc(Oc2nncs2)cc1)c1ccc(OC2CC(Nc3ccc4c(c3)C(=O)N(C3CCC(=O)NC3=O)C4=O)C2)cc1. The number of benzene rings is 3. The zero-order chi connectivity index (χ0) is 32.0. The fourth-order valence-corrected chi connectivity index (χ4v) is 6.56. The van der Waals surface area contributed by atoms with Crippen LogP contribution in [0.5, 0.6) is 16.7 Å². The highest BCUT2D eigenvalue weighted by Gasteiger charge is 2.44. The first-order valence-corrected chi connectivity index (χ1v) is 16.0. The monoisotopic (exact) mass is 637 g/mol. The van der Waals surface area contributed by atoms with Crippen molar-refractivity contribution in [1.82, 2.24) is 20.4 Å². The van der Waals surface area contributed by atoms with Crippen molar-refractivity contribution in [3.63, 3.8) is 0 Å². The second kappa shape index (κ2) is 11.7. The van der Waals surface area contributed by atoms with Gasteiger partial charge in [0.05, 0.1) is 11.1 Å². The molecular weight excluding hydrogens is 606 g/mol. The van der Waals surface area contributed by atoms with Crippen LogP contribution in [0.3, 0.4) is 0 Å². The Labute approximate surface area is 268 Å². The minimum absolute atomic E-state index is 0.0533. The zero-order valence-corrected chi connectivity index (χ0v) is 26.0. The van der Waals surface area contributed by atoms with E-state index in [2.05, 4.69) is 58.9 Å². The van der Waals surface area contributed by atoms with Gasteiger partial charge in [-0.15, -0.1) is 5.10 Å². The molecule has 11 nitrogen and oxygen atoms in total. The number of ether oxygens (including phenoxy) is 2. The molecule has 1 unspecified atom stereocenters. The molecule has 1 aliphatic carbocycles. The number of rotatable bonds is 9. The Bertz CT molecular complexity index is 1820. The molecule has 0 bridgehead atoms.